The van der Waals surface area contributed by atoms with Gasteiger partial charge in [-0.25, -0.2) is 0 Å². The van der Waals surface area contributed by atoms with E-state index in [0.29, 0.717) is 5.92 Å². The Labute approximate surface area is 75.9 Å². The van der Waals surface area contributed by atoms with E-state index in [0.717, 1.165) is 12.8 Å². The van der Waals surface area contributed by atoms with Gasteiger partial charge in [0.15, 0.2) is 0 Å². The molecule has 0 heterocycles. The Hall–Kier alpha value is -0.500. The number of allylic oxidation sites excluding steroid dienone is 1. The van der Waals surface area contributed by atoms with Crippen LogP contribution < -0.4 is 0 Å². The van der Waals surface area contributed by atoms with Gasteiger partial charge in [0.25, 0.3) is 0 Å². The molecule has 0 aromatic heterocycles. The second-order valence-corrected chi connectivity index (χ2v) is 3.57. The van der Waals surface area contributed by atoms with Crippen LogP contribution in [0.5, 0.6) is 0 Å². The molecule has 0 aliphatic carbocycles. The minimum atomic E-state index is -0.339. The minimum Gasteiger partial charge on any atom is -0.374 e. The maximum absolute atomic E-state index is 9.37. The second kappa shape index (κ2) is 6.06. The van der Waals surface area contributed by atoms with Crippen LogP contribution in [0.2, 0.25) is 0 Å². The Morgan fingerprint density at radius 2 is 2.00 bits per heavy atom. The van der Waals surface area contributed by atoms with Crippen LogP contribution in [0.4, 0.5) is 0 Å². The van der Waals surface area contributed by atoms with Crippen molar-refractivity contribution >= 4 is 0 Å². The zero-order valence-corrected chi connectivity index (χ0v) is 8.62. The van der Waals surface area contributed by atoms with Gasteiger partial charge in [-0.2, -0.15) is 0 Å². The summed E-state index contributed by atoms with van der Waals surface area (Å²) >= 11 is 0. The van der Waals surface area contributed by atoms with E-state index in [1.807, 2.05) is 25.1 Å². The van der Waals surface area contributed by atoms with Crippen LogP contribution in [0.15, 0.2) is 12.3 Å². The lowest BCUT2D eigenvalue weighted by Crippen LogP contribution is -2.25. The Balaban J connectivity index is 3.67. The summed E-state index contributed by atoms with van der Waals surface area (Å²) in [5.74, 6) is 0.688. The van der Waals surface area contributed by atoms with Crippen LogP contribution in [0, 0.1) is 5.92 Å². The number of hydrogen-bond acceptors (Lipinski definition) is 2. The predicted octanol–water partition coefficient (Wildman–Crippen LogP) is 2.21. The molecule has 0 saturated heterocycles. The Morgan fingerprint density at radius 3 is 2.42 bits per heavy atom. The van der Waals surface area contributed by atoms with Crippen molar-refractivity contribution in [3.63, 3.8) is 0 Å². The molecule has 12 heavy (non-hydrogen) atoms. The molecule has 0 amide bonds. The van der Waals surface area contributed by atoms with Gasteiger partial charge in [0.1, 0.15) is 6.23 Å². The third kappa shape index (κ3) is 5.19. The fourth-order valence-electron chi connectivity index (χ4n) is 0.887. The SMILES string of the molecule is CC[C@H](O)N(C)/C=C\CC(C)C. The zero-order valence-electron chi connectivity index (χ0n) is 8.62. The van der Waals surface area contributed by atoms with E-state index in [2.05, 4.69) is 19.9 Å². The Bertz CT molecular complexity index is 132. The third-order valence-corrected chi connectivity index (χ3v) is 1.78. The summed E-state index contributed by atoms with van der Waals surface area (Å²) in [6.07, 6.45) is 5.55. The topological polar surface area (TPSA) is 23.5 Å². The van der Waals surface area contributed by atoms with E-state index in [1.165, 1.54) is 0 Å². The smallest absolute Gasteiger partial charge is 0.125 e. The highest BCUT2D eigenvalue weighted by molar-refractivity contribution is 4.82. The summed E-state index contributed by atoms with van der Waals surface area (Å²) in [5.41, 5.74) is 0. The normalized spacial score (nSPS) is 14.2. The van der Waals surface area contributed by atoms with Crippen LogP contribution in [0.3, 0.4) is 0 Å². The highest BCUT2D eigenvalue weighted by atomic mass is 16.3. The predicted molar refractivity (Wildman–Crippen MR) is 52.7 cm³/mol. The van der Waals surface area contributed by atoms with Crippen molar-refractivity contribution in [3.05, 3.63) is 12.3 Å². The summed E-state index contributed by atoms with van der Waals surface area (Å²) in [7, 11) is 1.89. The van der Waals surface area contributed by atoms with Gasteiger partial charge in [-0.05, 0) is 25.0 Å². The van der Waals surface area contributed by atoms with Crippen molar-refractivity contribution in [1.29, 1.82) is 0 Å². The molecule has 0 bridgehead atoms. The van der Waals surface area contributed by atoms with Gasteiger partial charge in [-0.1, -0.05) is 26.8 Å². The molecule has 0 aliphatic rings. The molecule has 0 rings (SSSR count). The first-order valence-corrected chi connectivity index (χ1v) is 4.64. The third-order valence-electron chi connectivity index (χ3n) is 1.78. The lowest BCUT2D eigenvalue weighted by molar-refractivity contribution is 0.0517. The van der Waals surface area contributed by atoms with E-state index in [4.69, 9.17) is 0 Å². The lowest BCUT2D eigenvalue weighted by atomic mass is 10.1. The van der Waals surface area contributed by atoms with Crippen molar-refractivity contribution in [2.45, 2.75) is 39.8 Å². The monoisotopic (exact) mass is 171 g/mol. The summed E-state index contributed by atoms with van der Waals surface area (Å²) in [4.78, 5) is 1.84. The number of rotatable bonds is 5. The summed E-state index contributed by atoms with van der Waals surface area (Å²) < 4.78 is 0. The summed E-state index contributed by atoms with van der Waals surface area (Å²) in [6, 6.07) is 0. The zero-order chi connectivity index (χ0) is 9.56. The first kappa shape index (κ1) is 11.5. The highest BCUT2D eigenvalue weighted by Gasteiger charge is 2.01. The molecular weight excluding hydrogens is 150 g/mol. The molecular formula is C10H21NO. The molecule has 2 heteroatoms. The Morgan fingerprint density at radius 1 is 1.42 bits per heavy atom. The molecule has 0 radical (unpaired) electrons. The van der Waals surface area contributed by atoms with Gasteiger partial charge in [-0.3, -0.25) is 0 Å². The van der Waals surface area contributed by atoms with Crippen LogP contribution in [-0.4, -0.2) is 23.3 Å². The average Bonchev–Trinajstić information content (AvgIpc) is 2.02. The Kier molecular flexibility index (Phi) is 5.81. The molecule has 1 N–H and O–H groups in total. The highest BCUT2D eigenvalue weighted by Crippen LogP contribution is 2.02. The number of aliphatic hydroxyl groups excluding tert-OH is 1. The van der Waals surface area contributed by atoms with Gasteiger partial charge >= 0.3 is 0 Å². The fourth-order valence-corrected chi connectivity index (χ4v) is 0.887. The fraction of sp³-hybridized carbons (Fsp3) is 0.800. The maximum atomic E-state index is 9.37. The maximum Gasteiger partial charge on any atom is 0.125 e. The largest absolute Gasteiger partial charge is 0.374 e. The number of aliphatic hydroxyl groups is 1. The van der Waals surface area contributed by atoms with Crippen molar-refractivity contribution in [1.82, 2.24) is 4.90 Å². The van der Waals surface area contributed by atoms with Crippen LogP contribution in [0.25, 0.3) is 0 Å². The molecule has 2 nitrogen and oxygen atoms in total. The van der Waals surface area contributed by atoms with Crippen molar-refractivity contribution < 1.29 is 5.11 Å². The van der Waals surface area contributed by atoms with Crippen molar-refractivity contribution in [2.75, 3.05) is 7.05 Å². The van der Waals surface area contributed by atoms with Gasteiger partial charge in [-0.15, -0.1) is 0 Å². The molecule has 0 aliphatic heterocycles. The van der Waals surface area contributed by atoms with Crippen molar-refractivity contribution in [2.24, 2.45) is 5.92 Å². The first-order valence-electron chi connectivity index (χ1n) is 4.64. The molecule has 0 unspecified atom stereocenters. The molecule has 1 atom stereocenters. The molecule has 0 aromatic carbocycles. The molecule has 0 fully saturated rings. The summed E-state index contributed by atoms with van der Waals surface area (Å²) in [5, 5.41) is 9.37. The van der Waals surface area contributed by atoms with Crippen molar-refractivity contribution in [3.8, 4) is 0 Å². The lowest BCUT2D eigenvalue weighted by Gasteiger charge is -2.19. The quantitative estimate of drug-likeness (QED) is 0.641. The van der Waals surface area contributed by atoms with E-state index in [-0.39, 0.29) is 6.23 Å². The van der Waals surface area contributed by atoms with Crippen LogP contribution in [0.1, 0.15) is 33.6 Å². The molecule has 0 aromatic rings. The number of hydrogen-bond donors (Lipinski definition) is 1. The molecule has 0 spiro atoms. The first-order chi connectivity index (χ1) is 5.57. The van der Waals surface area contributed by atoms with Gasteiger partial charge in [0.05, 0.1) is 0 Å². The standard InChI is InChI=1S/C10H21NO/c1-5-10(12)11(4)8-6-7-9(2)3/h6,8-10,12H,5,7H2,1-4H3/b8-6-/t10-/m0/s1. The summed E-state index contributed by atoms with van der Waals surface area (Å²) in [6.45, 7) is 6.33. The minimum absolute atomic E-state index is 0.339. The van der Waals surface area contributed by atoms with E-state index >= 15 is 0 Å². The molecule has 0 saturated carbocycles. The van der Waals surface area contributed by atoms with E-state index in [9.17, 15) is 5.11 Å². The average molecular weight is 171 g/mol. The van der Waals surface area contributed by atoms with Crippen LogP contribution in [-0.2, 0) is 0 Å². The van der Waals surface area contributed by atoms with Gasteiger partial charge in [0, 0.05) is 7.05 Å². The molecule has 72 valence electrons. The van der Waals surface area contributed by atoms with Crippen LogP contribution >= 0.6 is 0 Å². The second-order valence-electron chi connectivity index (χ2n) is 3.57. The van der Waals surface area contributed by atoms with Gasteiger partial charge in [0.2, 0.25) is 0 Å². The van der Waals surface area contributed by atoms with E-state index in [1.54, 1.807) is 0 Å². The van der Waals surface area contributed by atoms with E-state index < -0.39 is 0 Å². The van der Waals surface area contributed by atoms with Gasteiger partial charge < -0.3 is 10.0 Å². The number of nitrogens with zero attached hydrogens (tertiary/aromatic N) is 1.